The third-order valence-electron chi connectivity index (χ3n) is 4.99. The van der Waals surface area contributed by atoms with Gasteiger partial charge in [-0.2, -0.15) is 0 Å². The van der Waals surface area contributed by atoms with E-state index in [-0.39, 0.29) is 11.7 Å². The van der Waals surface area contributed by atoms with Crippen LogP contribution in [0.1, 0.15) is 42.6 Å². The van der Waals surface area contributed by atoms with Crippen molar-refractivity contribution in [2.24, 2.45) is 0 Å². The molecule has 0 radical (unpaired) electrons. The molecule has 1 amide bonds. The maximum atomic E-state index is 12.4. The summed E-state index contributed by atoms with van der Waals surface area (Å²) in [6, 6.07) is 15.5. The number of carbonyl (C=O) groups excluding carboxylic acids is 2. The minimum absolute atomic E-state index is 0.0397. The van der Waals surface area contributed by atoms with Gasteiger partial charge in [-0.05, 0) is 68.3 Å². The SMILES string of the molecule is CCN(CC)c1ccc(/C=C/C(=O)c2ccc(N3CCCC3=O)cc2)cc1. The van der Waals surface area contributed by atoms with Crippen LogP contribution in [0.3, 0.4) is 0 Å². The molecule has 1 saturated heterocycles. The Bertz CT molecular complexity index is 818. The Labute approximate surface area is 161 Å². The van der Waals surface area contributed by atoms with Gasteiger partial charge in [0.1, 0.15) is 0 Å². The molecule has 0 aliphatic carbocycles. The molecule has 1 heterocycles. The molecule has 0 N–H and O–H groups in total. The highest BCUT2D eigenvalue weighted by Gasteiger charge is 2.21. The number of hydrogen-bond acceptors (Lipinski definition) is 3. The van der Waals surface area contributed by atoms with Gasteiger partial charge < -0.3 is 9.80 Å². The van der Waals surface area contributed by atoms with E-state index >= 15 is 0 Å². The van der Waals surface area contributed by atoms with Gasteiger partial charge in [-0.1, -0.05) is 18.2 Å². The molecule has 0 bridgehead atoms. The van der Waals surface area contributed by atoms with Gasteiger partial charge >= 0.3 is 0 Å². The highest BCUT2D eigenvalue weighted by atomic mass is 16.2. The zero-order valence-corrected chi connectivity index (χ0v) is 16.0. The molecule has 3 rings (SSSR count). The number of carbonyl (C=O) groups is 2. The number of ketones is 1. The van der Waals surface area contributed by atoms with Gasteiger partial charge in [-0.15, -0.1) is 0 Å². The summed E-state index contributed by atoms with van der Waals surface area (Å²) in [5.41, 5.74) is 3.68. The molecule has 4 heteroatoms. The Hall–Kier alpha value is -2.88. The van der Waals surface area contributed by atoms with E-state index in [4.69, 9.17) is 0 Å². The van der Waals surface area contributed by atoms with Crippen LogP contribution >= 0.6 is 0 Å². The predicted octanol–water partition coefficient (Wildman–Crippen LogP) is 4.56. The monoisotopic (exact) mass is 362 g/mol. The quantitative estimate of drug-likeness (QED) is 0.536. The number of nitrogens with zero attached hydrogens (tertiary/aromatic N) is 2. The first-order chi connectivity index (χ1) is 13.1. The van der Waals surface area contributed by atoms with Crippen LogP contribution in [-0.4, -0.2) is 31.3 Å². The van der Waals surface area contributed by atoms with Gasteiger partial charge in [0.15, 0.2) is 5.78 Å². The second-order valence-electron chi connectivity index (χ2n) is 6.66. The molecule has 2 aromatic carbocycles. The van der Waals surface area contributed by atoms with Gasteiger partial charge in [-0.25, -0.2) is 0 Å². The van der Waals surface area contributed by atoms with Gasteiger partial charge in [0.05, 0.1) is 0 Å². The summed E-state index contributed by atoms with van der Waals surface area (Å²) in [5, 5.41) is 0. The number of benzene rings is 2. The average molecular weight is 362 g/mol. The molecule has 0 spiro atoms. The summed E-state index contributed by atoms with van der Waals surface area (Å²) >= 11 is 0. The van der Waals surface area contributed by atoms with Crippen LogP contribution in [-0.2, 0) is 4.79 Å². The lowest BCUT2D eigenvalue weighted by atomic mass is 10.1. The van der Waals surface area contributed by atoms with E-state index in [0.717, 1.165) is 37.3 Å². The first-order valence-corrected chi connectivity index (χ1v) is 9.60. The molecule has 0 atom stereocenters. The summed E-state index contributed by atoms with van der Waals surface area (Å²) in [7, 11) is 0. The fourth-order valence-electron chi connectivity index (χ4n) is 3.38. The molecule has 1 fully saturated rings. The molecule has 140 valence electrons. The zero-order valence-electron chi connectivity index (χ0n) is 16.0. The molecule has 27 heavy (non-hydrogen) atoms. The fourth-order valence-corrected chi connectivity index (χ4v) is 3.38. The van der Waals surface area contributed by atoms with Crippen LogP contribution < -0.4 is 9.80 Å². The van der Waals surface area contributed by atoms with E-state index in [1.807, 2.05) is 30.3 Å². The highest BCUT2D eigenvalue weighted by molar-refractivity contribution is 6.07. The van der Waals surface area contributed by atoms with Gasteiger partial charge in [-0.3, -0.25) is 9.59 Å². The van der Waals surface area contributed by atoms with Gasteiger partial charge in [0, 0.05) is 43.0 Å². The van der Waals surface area contributed by atoms with Crippen molar-refractivity contribution in [2.45, 2.75) is 26.7 Å². The standard InChI is InChI=1S/C23H26N2O2/c1-3-24(4-2)20-12-7-18(8-13-20)9-16-22(26)19-10-14-21(15-11-19)25-17-5-6-23(25)27/h7-16H,3-6,17H2,1-2H3/b16-9+. The van der Waals surface area contributed by atoms with Crippen LogP contribution in [0.15, 0.2) is 54.6 Å². The van der Waals surface area contributed by atoms with Crippen LogP contribution in [0.4, 0.5) is 11.4 Å². The molecule has 1 aliphatic heterocycles. The van der Waals surface area contributed by atoms with E-state index in [1.54, 1.807) is 23.1 Å². The fraction of sp³-hybridized carbons (Fsp3) is 0.304. The second kappa shape index (κ2) is 8.67. The van der Waals surface area contributed by atoms with Crippen molar-refractivity contribution >= 4 is 29.1 Å². The summed E-state index contributed by atoms with van der Waals surface area (Å²) in [5.74, 6) is 0.115. The van der Waals surface area contributed by atoms with E-state index in [0.29, 0.717) is 12.0 Å². The molecule has 0 aromatic heterocycles. The largest absolute Gasteiger partial charge is 0.372 e. The lowest BCUT2D eigenvalue weighted by molar-refractivity contribution is -0.117. The Morgan fingerprint density at radius 1 is 1.04 bits per heavy atom. The number of amides is 1. The summed E-state index contributed by atoms with van der Waals surface area (Å²) in [4.78, 5) is 28.3. The van der Waals surface area contributed by atoms with Crippen molar-refractivity contribution < 1.29 is 9.59 Å². The highest BCUT2D eigenvalue weighted by Crippen LogP contribution is 2.22. The number of hydrogen-bond donors (Lipinski definition) is 0. The minimum atomic E-state index is -0.0397. The second-order valence-corrected chi connectivity index (χ2v) is 6.66. The van der Waals surface area contributed by atoms with Gasteiger partial charge in [0.25, 0.3) is 0 Å². The maximum Gasteiger partial charge on any atom is 0.227 e. The third kappa shape index (κ3) is 4.45. The van der Waals surface area contributed by atoms with E-state index in [1.165, 1.54) is 5.69 Å². The Balaban J connectivity index is 1.65. The van der Waals surface area contributed by atoms with E-state index in [9.17, 15) is 9.59 Å². The van der Waals surface area contributed by atoms with E-state index in [2.05, 4.69) is 30.9 Å². The molecule has 2 aromatic rings. The summed E-state index contributed by atoms with van der Waals surface area (Å²) in [6.45, 7) is 6.99. The maximum absolute atomic E-state index is 12.4. The van der Waals surface area contributed by atoms with Crippen molar-refractivity contribution in [1.29, 1.82) is 0 Å². The Morgan fingerprint density at radius 3 is 2.26 bits per heavy atom. The van der Waals surface area contributed by atoms with Gasteiger partial charge in [0.2, 0.25) is 5.91 Å². The molecule has 0 saturated carbocycles. The van der Waals surface area contributed by atoms with Crippen molar-refractivity contribution in [1.82, 2.24) is 0 Å². The smallest absolute Gasteiger partial charge is 0.227 e. The van der Waals surface area contributed by atoms with Crippen molar-refractivity contribution in [3.63, 3.8) is 0 Å². The summed E-state index contributed by atoms with van der Waals surface area (Å²) < 4.78 is 0. The Kier molecular flexibility index (Phi) is 6.07. The number of rotatable bonds is 7. The lowest BCUT2D eigenvalue weighted by Gasteiger charge is -2.20. The van der Waals surface area contributed by atoms with Crippen LogP contribution in [0.25, 0.3) is 6.08 Å². The van der Waals surface area contributed by atoms with Crippen LogP contribution in [0, 0.1) is 0 Å². The third-order valence-corrected chi connectivity index (χ3v) is 4.99. The molecule has 0 unspecified atom stereocenters. The van der Waals surface area contributed by atoms with Crippen LogP contribution in [0.2, 0.25) is 0 Å². The predicted molar refractivity (Wildman–Crippen MR) is 111 cm³/mol. The van der Waals surface area contributed by atoms with Crippen molar-refractivity contribution in [3.05, 3.63) is 65.7 Å². The number of anilines is 2. The average Bonchev–Trinajstić information content (AvgIpc) is 3.14. The molecular formula is C23H26N2O2. The van der Waals surface area contributed by atoms with E-state index < -0.39 is 0 Å². The lowest BCUT2D eigenvalue weighted by Crippen LogP contribution is -2.23. The molecular weight excluding hydrogens is 336 g/mol. The topological polar surface area (TPSA) is 40.6 Å². The number of allylic oxidation sites excluding steroid dienone is 1. The Morgan fingerprint density at radius 2 is 1.70 bits per heavy atom. The summed E-state index contributed by atoms with van der Waals surface area (Å²) in [6.07, 6.45) is 4.94. The first-order valence-electron chi connectivity index (χ1n) is 9.60. The van der Waals surface area contributed by atoms with Crippen LogP contribution in [0.5, 0.6) is 0 Å². The van der Waals surface area contributed by atoms with Crippen molar-refractivity contribution in [2.75, 3.05) is 29.4 Å². The zero-order chi connectivity index (χ0) is 19.2. The first kappa shape index (κ1) is 18.9. The molecule has 4 nitrogen and oxygen atoms in total. The normalized spacial score (nSPS) is 14.1. The minimum Gasteiger partial charge on any atom is -0.372 e. The molecule has 1 aliphatic rings. The van der Waals surface area contributed by atoms with Crippen molar-refractivity contribution in [3.8, 4) is 0 Å².